The topological polar surface area (TPSA) is 64.0 Å². The molecule has 0 saturated carbocycles. The highest BCUT2D eigenvalue weighted by atomic mass is 35.5. The Morgan fingerprint density at radius 3 is 2.76 bits per heavy atom. The Morgan fingerprint density at radius 1 is 1.38 bits per heavy atom. The maximum absolute atomic E-state index is 12.3. The van der Waals surface area contributed by atoms with E-state index in [1.54, 1.807) is 18.2 Å². The van der Waals surface area contributed by atoms with Gasteiger partial charge in [-0.3, -0.25) is 14.2 Å². The molecule has 0 saturated heterocycles. The second-order valence-electron chi connectivity index (χ2n) is 5.44. The Hall–Kier alpha value is -1.88. The number of rotatable bonds is 4. The molecule has 5 nitrogen and oxygen atoms in total. The summed E-state index contributed by atoms with van der Waals surface area (Å²) in [5.74, 6) is 0.126. The van der Waals surface area contributed by atoms with Crippen LogP contribution < -0.4 is 10.9 Å². The van der Waals surface area contributed by atoms with E-state index in [1.165, 1.54) is 10.9 Å². The summed E-state index contributed by atoms with van der Waals surface area (Å²) in [4.78, 5) is 28.5. The third-order valence-corrected chi connectivity index (χ3v) is 3.72. The van der Waals surface area contributed by atoms with Gasteiger partial charge in [-0.25, -0.2) is 4.98 Å². The number of carbonyl (C=O) groups is 1. The third-order valence-electron chi connectivity index (χ3n) is 3.49. The zero-order chi connectivity index (χ0) is 15.6. The molecule has 2 rings (SSSR count). The van der Waals surface area contributed by atoms with Crippen LogP contribution in [-0.4, -0.2) is 21.5 Å². The fraction of sp³-hybridized carbons (Fsp3) is 0.400. The Bertz CT molecular complexity index is 724. The van der Waals surface area contributed by atoms with Crippen LogP contribution in [0.15, 0.2) is 29.3 Å². The van der Waals surface area contributed by atoms with Crippen molar-refractivity contribution in [3.05, 3.63) is 39.9 Å². The molecule has 112 valence electrons. The SMILES string of the molecule is CC(C)[C@@H](C)NC(=O)Cn1cnc2ccc(Cl)cc2c1=O. The normalized spacial score (nSPS) is 12.6. The molecule has 0 spiro atoms. The van der Waals surface area contributed by atoms with E-state index in [0.29, 0.717) is 21.8 Å². The Morgan fingerprint density at radius 2 is 2.10 bits per heavy atom. The minimum atomic E-state index is -0.269. The third kappa shape index (κ3) is 3.61. The zero-order valence-corrected chi connectivity index (χ0v) is 13.0. The van der Waals surface area contributed by atoms with Crippen molar-refractivity contribution in [2.24, 2.45) is 5.92 Å². The van der Waals surface area contributed by atoms with E-state index >= 15 is 0 Å². The van der Waals surface area contributed by atoms with Gasteiger partial charge in [-0.1, -0.05) is 25.4 Å². The Balaban J connectivity index is 2.25. The molecule has 0 radical (unpaired) electrons. The second-order valence-corrected chi connectivity index (χ2v) is 5.88. The zero-order valence-electron chi connectivity index (χ0n) is 12.3. The highest BCUT2D eigenvalue weighted by molar-refractivity contribution is 6.31. The first kappa shape index (κ1) is 15.5. The van der Waals surface area contributed by atoms with Gasteiger partial charge in [0.15, 0.2) is 0 Å². The van der Waals surface area contributed by atoms with Crippen LogP contribution in [0.4, 0.5) is 0 Å². The summed E-state index contributed by atoms with van der Waals surface area (Å²) in [5.41, 5.74) is 0.298. The molecule has 2 aromatic rings. The van der Waals surface area contributed by atoms with Gasteiger partial charge in [0.05, 0.1) is 17.2 Å². The first-order valence-corrected chi connectivity index (χ1v) is 7.20. The van der Waals surface area contributed by atoms with Crippen molar-refractivity contribution < 1.29 is 4.79 Å². The summed E-state index contributed by atoms with van der Waals surface area (Å²) in [6.07, 6.45) is 1.39. The van der Waals surface area contributed by atoms with E-state index < -0.39 is 0 Å². The van der Waals surface area contributed by atoms with Gasteiger partial charge >= 0.3 is 0 Å². The van der Waals surface area contributed by atoms with Crippen LogP contribution in [0.5, 0.6) is 0 Å². The molecule has 0 unspecified atom stereocenters. The molecule has 0 bridgehead atoms. The molecule has 0 fully saturated rings. The smallest absolute Gasteiger partial charge is 0.261 e. The molecule has 1 N–H and O–H groups in total. The van der Waals surface area contributed by atoms with Crippen LogP contribution in [0, 0.1) is 5.92 Å². The standard InChI is InChI=1S/C15H18ClN3O2/c1-9(2)10(3)18-14(20)7-19-8-17-13-5-4-11(16)6-12(13)15(19)21/h4-6,8-10H,7H2,1-3H3,(H,18,20)/t10-/m1/s1. The molecular weight excluding hydrogens is 290 g/mol. The maximum Gasteiger partial charge on any atom is 0.261 e. The van der Waals surface area contributed by atoms with Gasteiger partial charge in [0.25, 0.3) is 5.56 Å². The predicted octanol–water partition coefficient (Wildman–Crippen LogP) is 2.21. The highest BCUT2D eigenvalue weighted by Gasteiger charge is 2.12. The summed E-state index contributed by atoms with van der Waals surface area (Å²) < 4.78 is 1.29. The van der Waals surface area contributed by atoms with Gasteiger partial charge in [0.2, 0.25) is 5.91 Å². The first-order chi connectivity index (χ1) is 9.88. The molecule has 0 aliphatic rings. The average molecular weight is 308 g/mol. The minimum Gasteiger partial charge on any atom is -0.352 e. The molecule has 1 heterocycles. The number of hydrogen-bond acceptors (Lipinski definition) is 3. The number of benzene rings is 1. The van der Waals surface area contributed by atoms with E-state index in [-0.39, 0.29) is 24.1 Å². The largest absolute Gasteiger partial charge is 0.352 e. The van der Waals surface area contributed by atoms with Crippen molar-refractivity contribution in [2.45, 2.75) is 33.4 Å². The van der Waals surface area contributed by atoms with Crippen LogP contribution >= 0.6 is 11.6 Å². The molecular formula is C15H18ClN3O2. The molecule has 6 heteroatoms. The van der Waals surface area contributed by atoms with Gasteiger partial charge in [0, 0.05) is 11.1 Å². The summed E-state index contributed by atoms with van der Waals surface area (Å²) >= 11 is 5.90. The summed E-state index contributed by atoms with van der Waals surface area (Å²) in [6.45, 7) is 5.93. The van der Waals surface area contributed by atoms with E-state index in [4.69, 9.17) is 11.6 Å². The van der Waals surface area contributed by atoms with Gasteiger partial charge in [0.1, 0.15) is 6.54 Å². The summed E-state index contributed by atoms with van der Waals surface area (Å²) in [7, 11) is 0. The van der Waals surface area contributed by atoms with Crippen molar-refractivity contribution in [3.63, 3.8) is 0 Å². The van der Waals surface area contributed by atoms with Crippen molar-refractivity contribution in [3.8, 4) is 0 Å². The van der Waals surface area contributed by atoms with Crippen LogP contribution in [-0.2, 0) is 11.3 Å². The monoisotopic (exact) mass is 307 g/mol. The molecule has 1 aromatic heterocycles. The fourth-order valence-corrected chi connectivity index (χ4v) is 2.04. The van der Waals surface area contributed by atoms with Gasteiger partial charge < -0.3 is 5.32 Å². The summed E-state index contributed by atoms with van der Waals surface area (Å²) in [6, 6.07) is 4.98. The van der Waals surface area contributed by atoms with E-state index in [9.17, 15) is 9.59 Å². The van der Waals surface area contributed by atoms with E-state index in [2.05, 4.69) is 10.3 Å². The molecule has 1 aromatic carbocycles. The van der Waals surface area contributed by atoms with Crippen molar-refractivity contribution in [2.75, 3.05) is 0 Å². The number of aromatic nitrogens is 2. The van der Waals surface area contributed by atoms with E-state index in [0.717, 1.165) is 0 Å². The number of carbonyl (C=O) groups excluding carboxylic acids is 1. The lowest BCUT2D eigenvalue weighted by Crippen LogP contribution is -2.39. The molecule has 0 aliphatic carbocycles. The molecule has 21 heavy (non-hydrogen) atoms. The van der Waals surface area contributed by atoms with Crippen molar-refractivity contribution in [1.29, 1.82) is 0 Å². The van der Waals surface area contributed by atoms with E-state index in [1.807, 2.05) is 20.8 Å². The van der Waals surface area contributed by atoms with Crippen LogP contribution in [0.2, 0.25) is 5.02 Å². The quantitative estimate of drug-likeness (QED) is 0.942. The maximum atomic E-state index is 12.3. The van der Waals surface area contributed by atoms with Gasteiger partial charge in [-0.05, 0) is 31.0 Å². The number of amides is 1. The number of nitrogens with one attached hydrogen (secondary N) is 1. The molecule has 1 atom stereocenters. The number of halogens is 1. The lowest BCUT2D eigenvalue weighted by molar-refractivity contribution is -0.122. The van der Waals surface area contributed by atoms with Gasteiger partial charge in [-0.15, -0.1) is 0 Å². The lowest BCUT2D eigenvalue weighted by Gasteiger charge is -2.17. The van der Waals surface area contributed by atoms with Crippen LogP contribution in [0.25, 0.3) is 10.9 Å². The molecule has 1 amide bonds. The highest BCUT2D eigenvalue weighted by Crippen LogP contribution is 2.13. The molecule has 0 aliphatic heterocycles. The van der Waals surface area contributed by atoms with Crippen LogP contribution in [0.1, 0.15) is 20.8 Å². The number of nitrogens with zero attached hydrogens (tertiary/aromatic N) is 2. The number of fused-ring (bicyclic) bond motifs is 1. The van der Waals surface area contributed by atoms with Gasteiger partial charge in [-0.2, -0.15) is 0 Å². The lowest BCUT2D eigenvalue weighted by atomic mass is 10.1. The number of hydrogen-bond donors (Lipinski definition) is 1. The first-order valence-electron chi connectivity index (χ1n) is 6.82. The average Bonchev–Trinajstić information content (AvgIpc) is 2.42. The van der Waals surface area contributed by atoms with Crippen LogP contribution in [0.3, 0.4) is 0 Å². The van der Waals surface area contributed by atoms with Crippen molar-refractivity contribution in [1.82, 2.24) is 14.9 Å². The Labute approximate surface area is 127 Å². The Kier molecular flexibility index (Phi) is 4.63. The second kappa shape index (κ2) is 6.26. The minimum absolute atomic E-state index is 0.0503. The van der Waals surface area contributed by atoms with Crippen molar-refractivity contribution >= 4 is 28.4 Å². The summed E-state index contributed by atoms with van der Waals surface area (Å²) in [5, 5.41) is 3.74. The predicted molar refractivity (Wildman–Crippen MR) is 83.5 cm³/mol. The fourth-order valence-electron chi connectivity index (χ4n) is 1.86.